The number of aromatic amines is 1. The highest BCUT2D eigenvalue weighted by molar-refractivity contribution is 7.71. The van der Waals surface area contributed by atoms with Crippen LogP contribution in [-0.4, -0.2) is 38.4 Å². The van der Waals surface area contributed by atoms with E-state index in [2.05, 4.69) is 4.98 Å². The number of aliphatic hydroxyl groups excluding tert-OH is 1. The number of hydrogen-bond acceptors (Lipinski definition) is 7. The van der Waals surface area contributed by atoms with Crippen molar-refractivity contribution >= 4 is 20.7 Å². The Morgan fingerprint density at radius 2 is 2.47 bits per heavy atom. The predicted octanol–water partition coefficient (Wildman–Crippen LogP) is -0.251. The molecule has 19 heavy (non-hydrogen) atoms. The molecule has 0 aliphatic carbocycles. The van der Waals surface area contributed by atoms with Crippen LogP contribution >= 0.6 is 20.7 Å². The molecule has 1 aliphatic heterocycles. The molecule has 4 atom stereocenters. The van der Waals surface area contributed by atoms with E-state index in [4.69, 9.17) is 31.9 Å². The highest BCUT2D eigenvalue weighted by Gasteiger charge is 2.35. The van der Waals surface area contributed by atoms with Crippen molar-refractivity contribution in [2.45, 2.75) is 24.9 Å². The zero-order valence-corrected chi connectivity index (χ0v) is 11.5. The second kappa shape index (κ2) is 6.19. The van der Waals surface area contributed by atoms with E-state index in [-0.39, 0.29) is 13.0 Å². The minimum atomic E-state index is -1.99. The maximum absolute atomic E-state index is 11.7. The summed E-state index contributed by atoms with van der Waals surface area (Å²) in [6.07, 6.45) is -0.294. The molecule has 0 bridgehead atoms. The largest absolute Gasteiger partial charge is 0.390 e. The molecule has 1 unspecified atom stereocenters. The van der Waals surface area contributed by atoms with Crippen LogP contribution in [0.3, 0.4) is 0 Å². The summed E-state index contributed by atoms with van der Waals surface area (Å²) in [5.74, 6) is 0. The van der Waals surface area contributed by atoms with Crippen molar-refractivity contribution < 1.29 is 19.3 Å². The van der Waals surface area contributed by atoms with Crippen molar-refractivity contribution in [2.24, 2.45) is 5.50 Å². The molecule has 5 N–H and O–H groups in total. The second-order valence-electron chi connectivity index (χ2n) is 4.05. The molecule has 1 saturated heterocycles. The third-order valence-electron chi connectivity index (χ3n) is 2.74. The van der Waals surface area contributed by atoms with Gasteiger partial charge < -0.3 is 19.3 Å². The Morgan fingerprint density at radius 3 is 3.11 bits per heavy atom. The van der Waals surface area contributed by atoms with Gasteiger partial charge >= 0.3 is 5.69 Å². The van der Waals surface area contributed by atoms with Gasteiger partial charge in [-0.25, -0.2) is 4.79 Å². The minimum Gasteiger partial charge on any atom is -0.390 e. The van der Waals surface area contributed by atoms with Gasteiger partial charge in [-0.2, -0.15) is 0 Å². The average Bonchev–Trinajstić information content (AvgIpc) is 2.67. The van der Waals surface area contributed by atoms with Gasteiger partial charge in [0.2, 0.25) is 8.53 Å². The molecule has 1 fully saturated rings. The van der Waals surface area contributed by atoms with Gasteiger partial charge in [-0.05, 0) is 6.07 Å². The van der Waals surface area contributed by atoms with Gasteiger partial charge in [0.05, 0.1) is 12.7 Å². The van der Waals surface area contributed by atoms with Gasteiger partial charge in [0, 0.05) is 12.6 Å². The van der Waals surface area contributed by atoms with Crippen LogP contribution in [0.2, 0.25) is 0 Å². The van der Waals surface area contributed by atoms with Crippen molar-refractivity contribution in [3.05, 3.63) is 27.4 Å². The third kappa shape index (κ3) is 3.67. The van der Waals surface area contributed by atoms with E-state index in [1.807, 2.05) is 0 Å². The lowest BCUT2D eigenvalue weighted by atomic mass is 10.2. The molecule has 8 nitrogen and oxygen atoms in total. The van der Waals surface area contributed by atoms with Gasteiger partial charge in [0.1, 0.15) is 17.0 Å². The molecule has 1 aromatic heterocycles. The highest BCUT2D eigenvalue weighted by atomic mass is 32.1. The first-order valence-corrected chi connectivity index (χ1v) is 7.18. The first kappa shape index (κ1) is 14.7. The number of ether oxygens (including phenoxy) is 1. The van der Waals surface area contributed by atoms with Gasteiger partial charge in [0.15, 0.2) is 0 Å². The Balaban J connectivity index is 2.07. The van der Waals surface area contributed by atoms with E-state index < -0.39 is 32.7 Å². The van der Waals surface area contributed by atoms with Gasteiger partial charge in [-0.15, -0.1) is 0 Å². The molecule has 10 heteroatoms. The Labute approximate surface area is 114 Å². The molecule has 1 aromatic rings. The van der Waals surface area contributed by atoms with E-state index in [1.54, 1.807) is 6.07 Å². The Hall–Kier alpha value is -0.670. The lowest BCUT2D eigenvalue weighted by Gasteiger charge is -2.16. The maximum atomic E-state index is 11.7. The Bertz CT molecular complexity index is 547. The first-order chi connectivity index (χ1) is 8.97. The molecule has 2 heterocycles. The van der Waals surface area contributed by atoms with Crippen LogP contribution < -0.4 is 11.2 Å². The summed E-state index contributed by atoms with van der Waals surface area (Å²) in [4.78, 5) is 23.0. The smallest absolute Gasteiger partial charge is 0.328 e. The quantitative estimate of drug-likeness (QED) is 0.447. The van der Waals surface area contributed by atoms with Gasteiger partial charge in [0.25, 0.3) is 0 Å². The summed E-state index contributed by atoms with van der Waals surface area (Å²) >= 11 is 4.83. The second-order valence-corrected chi connectivity index (χ2v) is 5.35. The fourth-order valence-corrected chi connectivity index (χ4v) is 2.29. The number of nitrogens with one attached hydrogen (secondary N) is 1. The molecular formula is C9H14N3O5PS. The molecule has 2 rings (SSSR count). The molecular weight excluding hydrogens is 293 g/mol. The first-order valence-electron chi connectivity index (χ1n) is 5.49. The Morgan fingerprint density at radius 1 is 1.74 bits per heavy atom. The summed E-state index contributed by atoms with van der Waals surface area (Å²) in [6, 6.07) is 1.56. The maximum Gasteiger partial charge on any atom is 0.328 e. The fourth-order valence-electron chi connectivity index (χ4n) is 1.84. The summed E-state index contributed by atoms with van der Waals surface area (Å²) in [5.41, 5.74) is 4.68. The molecule has 0 amide bonds. The van der Waals surface area contributed by atoms with Crippen molar-refractivity contribution in [2.75, 3.05) is 6.61 Å². The van der Waals surface area contributed by atoms with E-state index in [0.29, 0.717) is 4.64 Å². The van der Waals surface area contributed by atoms with E-state index in [0.717, 1.165) is 0 Å². The normalized spacial score (nSPS) is 28.5. The number of aliphatic hydroxyl groups is 1. The van der Waals surface area contributed by atoms with Crippen LogP contribution in [0.1, 0.15) is 12.6 Å². The van der Waals surface area contributed by atoms with Crippen molar-refractivity contribution in [1.29, 1.82) is 0 Å². The number of H-pyrrole nitrogens is 1. The number of nitrogens with zero attached hydrogens (tertiary/aromatic N) is 1. The molecule has 1 aliphatic rings. The van der Waals surface area contributed by atoms with Gasteiger partial charge in [-0.3, -0.25) is 15.1 Å². The SMILES string of the molecule is NP(O)OC[C@H]1O[C@@H](n2ccc(=S)[nH]c2=O)C[C@@H]1O. The lowest BCUT2D eigenvalue weighted by molar-refractivity contribution is -0.0406. The minimum absolute atomic E-state index is 0.0338. The zero-order valence-electron chi connectivity index (χ0n) is 9.80. The summed E-state index contributed by atoms with van der Waals surface area (Å²) in [7, 11) is -1.99. The molecule has 106 valence electrons. The topological polar surface area (TPSA) is 123 Å². The third-order valence-corrected chi connectivity index (χ3v) is 3.39. The summed E-state index contributed by atoms with van der Waals surface area (Å²) in [5, 5.41) is 9.81. The van der Waals surface area contributed by atoms with Gasteiger partial charge in [-0.1, -0.05) is 12.2 Å². The van der Waals surface area contributed by atoms with Crippen LogP contribution in [-0.2, 0) is 9.26 Å². The van der Waals surface area contributed by atoms with E-state index in [9.17, 15) is 9.90 Å². The molecule has 0 aromatic carbocycles. The number of hydrogen-bond donors (Lipinski definition) is 4. The monoisotopic (exact) mass is 307 g/mol. The zero-order chi connectivity index (χ0) is 14.0. The van der Waals surface area contributed by atoms with Crippen LogP contribution in [0.4, 0.5) is 0 Å². The van der Waals surface area contributed by atoms with Crippen molar-refractivity contribution in [3.63, 3.8) is 0 Å². The average molecular weight is 307 g/mol. The van der Waals surface area contributed by atoms with Crippen LogP contribution in [0.15, 0.2) is 17.1 Å². The van der Waals surface area contributed by atoms with Crippen LogP contribution in [0.5, 0.6) is 0 Å². The van der Waals surface area contributed by atoms with E-state index in [1.165, 1.54) is 10.8 Å². The number of nitrogens with two attached hydrogens (primary N) is 1. The number of aromatic nitrogens is 2. The fraction of sp³-hybridized carbons (Fsp3) is 0.556. The Kier molecular flexibility index (Phi) is 4.80. The summed E-state index contributed by atoms with van der Waals surface area (Å²) in [6.45, 7) is -0.0338. The molecule has 0 radical (unpaired) electrons. The predicted molar refractivity (Wildman–Crippen MR) is 69.7 cm³/mol. The van der Waals surface area contributed by atoms with Crippen molar-refractivity contribution in [3.8, 4) is 0 Å². The van der Waals surface area contributed by atoms with Crippen molar-refractivity contribution in [1.82, 2.24) is 9.55 Å². The lowest BCUT2D eigenvalue weighted by Crippen LogP contribution is -2.28. The van der Waals surface area contributed by atoms with Crippen LogP contribution in [0, 0.1) is 4.64 Å². The molecule has 0 saturated carbocycles. The van der Waals surface area contributed by atoms with E-state index >= 15 is 0 Å². The number of rotatable bonds is 4. The standard InChI is InChI=1S/C9H14N3O5PS/c10-18(15)16-4-6-5(13)3-8(17-6)12-2-1-7(19)11-9(12)14/h1-2,5-6,8,13,15H,3-4,10H2,(H,11,14,19)/t5-,6+,8+,18?/m0/s1. The van der Waals surface area contributed by atoms with Crippen LogP contribution in [0.25, 0.3) is 0 Å². The summed E-state index contributed by atoms with van der Waals surface area (Å²) < 4.78 is 12.0. The molecule has 0 spiro atoms. The highest BCUT2D eigenvalue weighted by Crippen LogP contribution is 2.30.